The Kier molecular flexibility index (Phi) is 6.72. The van der Waals surface area contributed by atoms with Gasteiger partial charge in [0, 0.05) is 32.9 Å². The number of para-hydroxylation sites is 2. The molecule has 10 aromatic carbocycles. The van der Waals surface area contributed by atoms with Gasteiger partial charge in [-0.1, -0.05) is 153 Å². The summed E-state index contributed by atoms with van der Waals surface area (Å²) in [7, 11) is 0. The number of rotatable bonds is 4. The van der Waals surface area contributed by atoms with E-state index in [0.717, 1.165) is 49.8 Å². The van der Waals surface area contributed by atoms with E-state index in [1.54, 1.807) is 0 Å². The molecule has 11 aromatic rings. The van der Waals surface area contributed by atoms with Crippen molar-refractivity contribution in [3.05, 3.63) is 199 Å². The van der Waals surface area contributed by atoms with Crippen LogP contribution in [0.4, 0.5) is 17.1 Å². The highest BCUT2D eigenvalue weighted by Crippen LogP contribution is 2.60. The maximum atomic E-state index is 6.50. The van der Waals surface area contributed by atoms with E-state index < -0.39 is 0 Å². The third-order valence-electron chi connectivity index (χ3n) is 12.5. The largest absolute Gasteiger partial charge is 0.455 e. The van der Waals surface area contributed by atoms with E-state index in [2.05, 4.69) is 201 Å². The van der Waals surface area contributed by atoms with Gasteiger partial charge in [-0.05, 0) is 120 Å². The number of benzene rings is 10. The van der Waals surface area contributed by atoms with Crippen molar-refractivity contribution in [2.24, 2.45) is 0 Å². The van der Waals surface area contributed by atoms with E-state index in [9.17, 15) is 0 Å². The molecule has 12 rings (SSSR count). The smallest absolute Gasteiger partial charge is 0.143 e. The van der Waals surface area contributed by atoms with Crippen LogP contribution < -0.4 is 4.90 Å². The van der Waals surface area contributed by atoms with Crippen LogP contribution in [0.15, 0.2) is 192 Å². The van der Waals surface area contributed by atoms with Crippen LogP contribution in [0.2, 0.25) is 0 Å². The molecule has 0 N–H and O–H groups in total. The van der Waals surface area contributed by atoms with Crippen LogP contribution in [0.5, 0.6) is 0 Å². The molecule has 1 aromatic heterocycles. The first-order valence-electron chi connectivity index (χ1n) is 19.8. The summed E-state index contributed by atoms with van der Waals surface area (Å²) in [6, 6.07) is 68.8. The molecular formula is C55H37NO. The molecule has 0 saturated carbocycles. The van der Waals surface area contributed by atoms with Gasteiger partial charge in [-0.3, -0.25) is 0 Å². The van der Waals surface area contributed by atoms with Gasteiger partial charge in [0.25, 0.3) is 0 Å². The van der Waals surface area contributed by atoms with Gasteiger partial charge < -0.3 is 9.32 Å². The molecule has 268 valence electrons. The van der Waals surface area contributed by atoms with Crippen LogP contribution in [0.25, 0.3) is 87.3 Å². The summed E-state index contributed by atoms with van der Waals surface area (Å²) in [5, 5.41) is 12.3. The van der Waals surface area contributed by atoms with Crippen molar-refractivity contribution in [2.75, 3.05) is 4.90 Å². The lowest BCUT2D eigenvalue weighted by molar-refractivity contribution is 0.667. The summed E-state index contributed by atoms with van der Waals surface area (Å²) in [5.74, 6) is 0. The summed E-state index contributed by atoms with van der Waals surface area (Å²) in [4.78, 5) is 2.49. The fourth-order valence-corrected chi connectivity index (χ4v) is 10.1. The molecule has 0 unspecified atom stereocenters. The predicted octanol–water partition coefficient (Wildman–Crippen LogP) is 15.6. The molecule has 1 aliphatic carbocycles. The van der Waals surface area contributed by atoms with Crippen LogP contribution in [-0.4, -0.2) is 0 Å². The molecule has 0 atom stereocenters. The monoisotopic (exact) mass is 727 g/mol. The Morgan fingerprint density at radius 1 is 0.386 bits per heavy atom. The van der Waals surface area contributed by atoms with Crippen molar-refractivity contribution < 1.29 is 4.42 Å². The lowest BCUT2D eigenvalue weighted by Gasteiger charge is -2.33. The maximum absolute atomic E-state index is 6.50. The first-order valence-corrected chi connectivity index (χ1v) is 19.8. The van der Waals surface area contributed by atoms with Crippen molar-refractivity contribution in [3.8, 4) is 22.3 Å². The Morgan fingerprint density at radius 3 is 1.82 bits per heavy atom. The molecule has 0 saturated heterocycles. The molecule has 0 amide bonds. The van der Waals surface area contributed by atoms with Crippen molar-refractivity contribution in [1.82, 2.24) is 0 Å². The fourth-order valence-electron chi connectivity index (χ4n) is 10.1. The number of hydrogen-bond acceptors (Lipinski definition) is 2. The topological polar surface area (TPSA) is 16.4 Å². The zero-order chi connectivity index (χ0) is 37.8. The Bertz CT molecular complexity index is 3440. The third-order valence-corrected chi connectivity index (χ3v) is 12.5. The number of fused-ring (bicyclic) bond motifs is 15. The number of hydrogen-bond donors (Lipinski definition) is 0. The fraction of sp³-hybridized carbons (Fsp3) is 0.0545. The zero-order valence-electron chi connectivity index (χ0n) is 31.8. The third kappa shape index (κ3) is 4.59. The van der Waals surface area contributed by atoms with Gasteiger partial charge >= 0.3 is 0 Å². The van der Waals surface area contributed by atoms with E-state index in [4.69, 9.17) is 4.42 Å². The van der Waals surface area contributed by atoms with Gasteiger partial charge in [0.2, 0.25) is 0 Å². The molecule has 2 nitrogen and oxygen atoms in total. The van der Waals surface area contributed by atoms with Crippen molar-refractivity contribution >= 4 is 82.1 Å². The Labute approximate surface area is 330 Å². The van der Waals surface area contributed by atoms with E-state index in [1.807, 2.05) is 6.07 Å². The van der Waals surface area contributed by atoms with Crippen molar-refractivity contribution in [1.29, 1.82) is 0 Å². The second-order valence-electron chi connectivity index (χ2n) is 16.0. The zero-order valence-corrected chi connectivity index (χ0v) is 31.8. The van der Waals surface area contributed by atoms with E-state index >= 15 is 0 Å². The number of furan rings is 1. The average molecular weight is 728 g/mol. The second-order valence-corrected chi connectivity index (χ2v) is 16.0. The number of nitrogens with zero attached hydrogens (tertiary/aromatic N) is 1. The number of anilines is 3. The van der Waals surface area contributed by atoms with Gasteiger partial charge in [0.1, 0.15) is 11.2 Å². The second kappa shape index (κ2) is 11.9. The van der Waals surface area contributed by atoms with Crippen LogP contribution >= 0.6 is 0 Å². The molecule has 57 heavy (non-hydrogen) atoms. The first kappa shape index (κ1) is 32.1. The van der Waals surface area contributed by atoms with Crippen LogP contribution in [-0.2, 0) is 5.41 Å². The van der Waals surface area contributed by atoms with Gasteiger partial charge in [-0.2, -0.15) is 0 Å². The minimum atomic E-state index is -0.311. The Balaban J connectivity index is 1.12. The van der Waals surface area contributed by atoms with E-state index in [0.29, 0.717) is 0 Å². The molecular weight excluding hydrogens is 691 g/mol. The predicted molar refractivity (Wildman–Crippen MR) is 241 cm³/mol. The highest BCUT2D eigenvalue weighted by Gasteiger charge is 2.42. The summed E-state index contributed by atoms with van der Waals surface area (Å²) >= 11 is 0. The minimum absolute atomic E-state index is 0.311. The minimum Gasteiger partial charge on any atom is -0.455 e. The highest BCUT2D eigenvalue weighted by atomic mass is 16.3. The molecule has 0 aliphatic heterocycles. The molecule has 0 radical (unpaired) electrons. The van der Waals surface area contributed by atoms with E-state index in [1.165, 1.54) is 65.6 Å². The quantitative estimate of drug-likeness (QED) is 0.168. The summed E-state index contributed by atoms with van der Waals surface area (Å²) in [6.45, 7) is 4.87. The SMILES string of the molecule is CC1(C)c2c(N(c3ccccc3)c3cccc(-c4ccc5ccc6c7ccccc7oc6c5c4)c3)cc3ccccc3c2-c2c1c1ccccc1c1ccccc21. The van der Waals surface area contributed by atoms with Gasteiger partial charge in [-0.25, -0.2) is 0 Å². The first-order chi connectivity index (χ1) is 28.0. The van der Waals surface area contributed by atoms with Crippen molar-refractivity contribution in [2.45, 2.75) is 19.3 Å². The standard InChI is InChI=1S/C55H37NO/c1-55(2)52-45-25-11-9-22-42(45)41-21-8-10-24-44(41)51(52)50-40-20-7-6-15-37(40)33-48(53(50)55)56(38-17-4-3-5-18-38)39-19-14-16-35(31-39)36-28-27-34-29-30-46-43-23-12-13-26-49(43)57-54(46)47(34)32-36/h3-33H,1-2H3. The maximum Gasteiger partial charge on any atom is 0.143 e. The van der Waals surface area contributed by atoms with Gasteiger partial charge in [0.05, 0.1) is 5.69 Å². The lowest BCUT2D eigenvalue weighted by Crippen LogP contribution is -2.21. The Morgan fingerprint density at radius 2 is 1.00 bits per heavy atom. The van der Waals surface area contributed by atoms with E-state index in [-0.39, 0.29) is 5.41 Å². The lowest BCUT2D eigenvalue weighted by atomic mass is 9.78. The normalized spacial score (nSPS) is 13.2. The average Bonchev–Trinajstić information content (AvgIpc) is 3.77. The van der Waals surface area contributed by atoms with Crippen LogP contribution in [0.3, 0.4) is 0 Å². The van der Waals surface area contributed by atoms with Gasteiger partial charge in [0.15, 0.2) is 0 Å². The van der Waals surface area contributed by atoms with Crippen LogP contribution in [0.1, 0.15) is 25.0 Å². The summed E-state index contributed by atoms with van der Waals surface area (Å²) in [6.07, 6.45) is 0. The van der Waals surface area contributed by atoms with Crippen LogP contribution in [0, 0.1) is 0 Å². The highest BCUT2D eigenvalue weighted by molar-refractivity contribution is 6.22. The molecule has 0 spiro atoms. The molecule has 2 heteroatoms. The summed E-state index contributed by atoms with van der Waals surface area (Å²) in [5.41, 5.74) is 12.7. The van der Waals surface area contributed by atoms with Crippen molar-refractivity contribution in [3.63, 3.8) is 0 Å². The molecule has 1 aliphatic rings. The van der Waals surface area contributed by atoms with Gasteiger partial charge in [-0.15, -0.1) is 0 Å². The molecule has 0 bridgehead atoms. The molecule has 0 fully saturated rings. The Hall–Kier alpha value is -7.16. The summed E-state index contributed by atoms with van der Waals surface area (Å²) < 4.78 is 6.50. The molecule has 1 heterocycles.